The number of anilines is 1. The van der Waals surface area contributed by atoms with E-state index in [2.05, 4.69) is 14.7 Å². The molecule has 0 saturated heterocycles. The van der Waals surface area contributed by atoms with Gasteiger partial charge in [-0.25, -0.2) is 18.4 Å². The molecular weight excluding hydrogens is 309 g/mol. The molecule has 1 aromatic heterocycles. The summed E-state index contributed by atoms with van der Waals surface area (Å²) in [6.45, 7) is 1.69. The Bertz CT molecular complexity index is 589. The van der Waals surface area contributed by atoms with Crippen LogP contribution < -0.4 is 61.2 Å². The van der Waals surface area contributed by atoms with Gasteiger partial charge >= 0.3 is 51.4 Å². The van der Waals surface area contributed by atoms with E-state index in [-0.39, 0.29) is 68.3 Å². The zero-order valence-corrected chi connectivity index (χ0v) is 15.3. The van der Waals surface area contributed by atoms with Crippen LogP contribution in [-0.4, -0.2) is 29.6 Å². The van der Waals surface area contributed by atoms with E-state index in [0.29, 0.717) is 19.3 Å². The molecule has 1 aromatic rings. The second-order valence-electron chi connectivity index (χ2n) is 4.43. The Morgan fingerprint density at radius 2 is 2.20 bits per heavy atom. The van der Waals surface area contributed by atoms with E-state index in [1.165, 1.54) is 12.3 Å². The smallest absolute Gasteiger partial charge is 0.549 e. The minimum Gasteiger partial charge on any atom is -0.549 e. The molecule has 0 aliphatic heterocycles. The molecule has 0 amide bonds. The van der Waals surface area contributed by atoms with Crippen LogP contribution in [-0.2, 0) is 14.8 Å². The topological polar surface area (TPSA) is 112 Å². The van der Waals surface area contributed by atoms with Crippen LogP contribution in [0.3, 0.4) is 0 Å². The van der Waals surface area contributed by atoms with Crippen molar-refractivity contribution >= 4 is 21.9 Å². The first-order valence-electron chi connectivity index (χ1n) is 5.99. The third-order valence-corrected chi connectivity index (χ3v) is 4.74. The molecule has 0 aromatic carbocycles. The largest absolute Gasteiger partial charge is 1.00 e. The molecule has 0 radical (unpaired) electrons. The van der Waals surface area contributed by atoms with Crippen molar-refractivity contribution in [2.24, 2.45) is 0 Å². The van der Waals surface area contributed by atoms with Crippen molar-refractivity contribution in [1.29, 1.82) is 0 Å². The fourth-order valence-electron chi connectivity index (χ4n) is 1.70. The predicted molar refractivity (Wildman–Crippen MR) is 65.6 cm³/mol. The summed E-state index contributed by atoms with van der Waals surface area (Å²) in [5.74, 6) is -2.20. The summed E-state index contributed by atoms with van der Waals surface area (Å²) in [6, 6.07) is 1.44. The number of aromatic nitrogens is 2. The van der Waals surface area contributed by atoms with Crippen LogP contribution in [0.25, 0.3) is 0 Å². The molecule has 1 N–H and O–H groups in total. The van der Waals surface area contributed by atoms with Crippen LogP contribution in [0.4, 0.5) is 5.95 Å². The zero-order chi connectivity index (χ0) is 14.0. The Balaban J connectivity index is 0.00000200. The van der Waals surface area contributed by atoms with Gasteiger partial charge in [0.1, 0.15) is 0 Å². The summed E-state index contributed by atoms with van der Waals surface area (Å²) < 4.78 is 25.7. The second-order valence-corrected chi connectivity index (χ2v) is 6.39. The van der Waals surface area contributed by atoms with E-state index in [1.807, 2.05) is 0 Å². The third kappa shape index (κ3) is 4.47. The zero-order valence-electron chi connectivity index (χ0n) is 11.4. The van der Waals surface area contributed by atoms with Crippen LogP contribution in [0.2, 0.25) is 0 Å². The average Bonchev–Trinajstić information content (AvgIpc) is 3.13. The van der Waals surface area contributed by atoms with Crippen molar-refractivity contribution in [1.82, 2.24) is 9.97 Å². The fourth-order valence-corrected chi connectivity index (χ4v) is 2.98. The number of aliphatic carboxylic acids is 1. The summed E-state index contributed by atoms with van der Waals surface area (Å²) in [5, 5.41) is 10.5. The molecule has 1 atom stereocenters. The number of carboxylic acids is 1. The number of carbonyl (C=O) groups excluding carboxylic acids is 1. The fraction of sp³-hybridized carbons (Fsp3) is 0.545. The Morgan fingerprint density at radius 3 is 2.70 bits per heavy atom. The summed E-state index contributed by atoms with van der Waals surface area (Å²) in [4.78, 5) is 18.7. The first-order valence-corrected chi connectivity index (χ1v) is 7.54. The normalized spacial score (nSPS) is 16.1. The standard InChI is InChI=1S/C11H15N3O4S.K/c1-2-8(10(15)16)9-5-6-12-11(13-9)14-19(17,18)7-3-4-7;/h5-8H,2-4H2,1H3,(H,15,16)(H,12,13,14);/q;+1/p-1. The molecule has 1 aliphatic rings. The molecule has 1 unspecified atom stereocenters. The van der Waals surface area contributed by atoms with Gasteiger partial charge < -0.3 is 9.90 Å². The molecule has 1 saturated carbocycles. The molecule has 104 valence electrons. The Labute approximate surface area is 160 Å². The second kappa shape index (κ2) is 7.28. The predicted octanol–water partition coefficient (Wildman–Crippen LogP) is -3.37. The Morgan fingerprint density at radius 1 is 1.55 bits per heavy atom. The average molecular weight is 323 g/mol. The maximum absolute atomic E-state index is 11.7. The number of nitrogens with one attached hydrogen (secondary N) is 1. The number of rotatable bonds is 6. The number of sulfonamides is 1. The van der Waals surface area contributed by atoms with Crippen LogP contribution in [0.15, 0.2) is 12.3 Å². The van der Waals surface area contributed by atoms with Gasteiger partial charge in [-0.2, -0.15) is 0 Å². The van der Waals surface area contributed by atoms with E-state index in [1.54, 1.807) is 6.92 Å². The maximum atomic E-state index is 11.7. The summed E-state index contributed by atoms with van der Waals surface area (Å²) in [5.41, 5.74) is 0.242. The van der Waals surface area contributed by atoms with Crippen molar-refractivity contribution in [3.8, 4) is 0 Å². The summed E-state index contributed by atoms with van der Waals surface area (Å²) in [7, 11) is -3.45. The molecule has 0 spiro atoms. The number of carbonyl (C=O) groups is 1. The monoisotopic (exact) mass is 323 g/mol. The first kappa shape index (κ1) is 18.0. The van der Waals surface area contributed by atoms with Gasteiger partial charge in [-0.1, -0.05) is 6.92 Å². The molecule has 1 aliphatic carbocycles. The molecule has 7 nitrogen and oxygen atoms in total. The van der Waals surface area contributed by atoms with Crippen molar-refractivity contribution in [3.63, 3.8) is 0 Å². The van der Waals surface area contributed by atoms with Gasteiger partial charge in [-0.3, -0.25) is 4.72 Å². The van der Waals surface area contributed by atoms with E-state index in [0.717, 1.165) is 0 Å². The van der Waals surface area contributed by atoms with Crippen molar-refractivity contribution in [2.45, 2.75) is 37.4 Å². The Hall–Kier alpha value is -0.0636. The molecule has 0 bridgehead atoms. The van der Waals surface area contributed by atoms with Gasteiger partial charge in [0.2, 0.25) is 16.0 Å². The van der Waals surface area contributed by atoms with E-state index in [9.17, 15) is 18.3 Å². The molecule has 20 heavy (non-hydrogen) atoms. The SMILES string of the molecule is CCC(C(=O)[O-])c1ccnc(NS(=O)(=O)C2CC2)n1.[K+]. The van der Waals surface area contributed by atoms with Gasteiger partial charge in [0.05, 0.1) is 16.9 Å². The first-order chi connectivity index (χ1) is 8.94. The van der Waals surface area contributed by atoms with E-state index in [4.69, 9.17) is 0 Å². The van der Waals surface area contributed by atoms with Gasteiger partial charge in [0.15, 0.2) is 0 Å². The van der Waals surface area contributed by atoms with Crippen molar-refractivity contribution < 1.29 is 69.7 Å². The van der Waals surface area contributed by atoms with E-state index >= 15 is 0 Å². The molecule has 9 heteroatoms. The minimum atomic E-state index is -3.45. The number of nitrogens with zero attached hydrogens (tertiary/aromatic N) is 2. The van der Waals surface area contributed by atoms with Crippen LogP contribution >= 0.6 is 0 Å². The third-order valence-electron chi connectivity index (χ3n) is 2.92. The van der Waals surface area contributed by atoms with Crippen LogP contribution in [0.5, 0.6) is 0 Å². The van der Waals surface area contributed by atoms with Crippen molar-refractivity contribution in [3.05, 3.63) is 18.0 Å². The quantitative estimate of drug-likeness (QED) is 0.547. The molecular formula is C11H14KN3O4S. The molecule has 1 heterocycles. The molecule has 2 rings (SSSR count). The van der Waals surface area contributed by atoms with Crippen molar-refractivity contribution in [2.75, 3.05) is 4.72 Å². The summed E-state index contributed by atoms with van der Waals surface area (Å²) >= 11 is 0. The van der Waals surface area contributed by atoms with Gasteiger partial charge in [-0.05, 0) is 25.3 Å². The van der Waals surface area contributed by atoms with Gasteiger partial charge in [0, 0.05) is 12.1 Å². The number of carboxylic acid groups (broad SMARTS) is 1. The maximum Gasteiger partial charge on any atom is 1.00 e. The van der Waals surface area contributed by atoms with E-state index < -0.39 is 21.9 Å². The summed E-state index contributed by atoms with van der Waals surface area (Å²) in [6.07, 6.45) is 2.91. The van der Waals surface area contributed by atoms with Gasteiger partial charge in [0.25, 0.3) is 0 Å². The van der Waals surface area contributed by atoms with Gasteiger partial charge in [-0.15, -0.1) is 0 Å². The Kier molecular flexibility index (Phi) is 6.54. The number of hydrogen-bond acceptors (Lipinski definition) is 6. The van der Waals surface area contributed by atoms with Crippen LogP contribution in [0.1, 0.15) is 37.8 Å². The number of hydrogen-bond donors (Lipinski definition) is 1. The van der Waals surface area contributed by atoms with Crippen LogP contribution in [0, 0.1) is 0 Å². The molecule has 1 fully saturated rings. The minimum absolute atomic E-state index is 0.